The topological polar surface area (TPSA) is 64.6 Å². The van der Waals surface area contributed by atoms with E-state index in [4.69, 9.17) is 9.47 Å². The third-order valence-corrected chi connectivity index (χ3v) is 3.22. The van der Waals surface area contributed by atoms with Crippen molar-refractivity contribution >= 4 is 23.8 Å². The molecule has 0 aliphatic carbocycles. The van der Waals surface area contributed by atoms with E-state index in [0.717, 1.165) is 6.08 Å². The van der Waals surface area contributed by atoms with Crippen LogP contribution in [0.1, 0.15) is 48.0 Å². The van der Waals surface area contributed by atoms with Crippen LogP contribution in [0.15, 0.2) is 12.2 Å². The fourth-order valence-corrected chi connectivity index (χ4v) is 2.29. The minimum Gasteiger partial charge on any atom is -0.458 e. The number of amides is 1. The summed E-state index contributed by atoms with van der Waals surface area (Å²) in [5, 5.41) is 2.48. The average Bonchev–Trinajstić information content (AvgIpc) is 2.32. The summed E-state index contributed by atoms with van der Waals surface area (Å²) in [5.41, 5.74) is -1.39. The maximum Gasteiger partial charge on any atom is 0.408 e. The van der Waals surface area contributed by atoms with E-state index >= 15 is 0 Å². The summed E-state index contributed by atoms with van der Waals surface area (Å²) in [6, 6.07) is -0.897. The molecule has 0 bridgehead atoms. The van der Waals surface area contributed by atoms with Gasteiger partial charge in [0.05, 0.1) is 0 Å². The lowest BCUT2D eigenvalue weighted by atomic mass is 10.1. The first kappa shape index (κ1) is 22.7. The third-order valence-electron chi connectivity index (χ3n) is 2.29. The van der Waals surface area contributed by atoms with E-state index < -0.39 is 35.4 Å². The van der Waals surface area contributed by atoms with Crippen LogP contribution in [-0.4, -0.2) is 40.8 Å². The van der Waals surface area contributed by atoms with Crippen molar-refractivity contribution < 1.29 is 27.8 Å². The van der Waals surface area contributed by atoms with E-state index in [9.17, 15) is 18.4 Å². The Kier molecular flexibility index (Phi) is 9.32. The molecule has 0 unspecified atom stereocenters. The molecule has 8 heteroatoms. The third kappa shape index (κ3) is 13.2. The van der Waals surface area contributed by atoms with E-state index in [1.54, 1.807) is 41.5 Å². The molecule has 0 aromatic heterocycles. The summed E-state index contributed by atoms with van der Waals surface area (Å²) >= 11 is 1.23. The molecule has 24 heavy (non-hydrogen) atoms. The van der Waals surface area contributed by atoms with Crippen LogP contribution in [-0.2, 0) is 14.3 Å². The molecule has 0 rings (SSSR count). The molecule has 0 spiro atoms. The number of carbonyl (C=O) groups is 2. The molecule has 0 fully saturated rings. The molecule has 5 nitrogen and oxygen atoms in total. The number of nitrogens with one attached hydrogen (secondary N) is 1. The molecular formula is C16H27F2NO4S. The SMILES string of the molecule is CC(C)(C)OC(=O)N[C@@H](CCSCC=C(F)F)C(=O)OC(C)(C)C. The van der Waals surface area contributed by atoms with Crippen molar-refractivity contribution in [2.75, 3.05) is 11.5 Å². The Bertz CT molecular complexity index is 452. The van der Waals surface area contributed by atoms with Crippen molar-refractivity contribution in [2.45, 2.75) is 65.2 Å². The van der Waals surface area contributed by atoms with E-state index in [1.165, 1.54) is 11.8 Å². The molecule has 0 aromatic rings. The maximum atomic E-state index is 12.2. The summed E-state index contributed by atoms with van der Waals surface area (Å²) in [4.78, 5) is 24.1. The largest absolute Gasteiger partial charge is 0.458 e. The molecule has 0 aromatic carbocycles. The van der Waals surface area contributed by atoms with Gasteiger partial charge in [-0.2, -0.15) is 20.5 Å². The fourth-order valence-electron chi connectivity index (χ4n) is 1.48. The van der Waals surface area contributed by atoms with Gasteiger partial charge in [0.1, 0.15) is 17.2 Å². The van der Waals surface area contributed by atoms with Gasteiger partial charge in [0.2, 0.25) is 0 Å². The van der Waals surface area contributed by atoms with Crippen molar-refractivity contribution in [2.24, 2.45) is 0 Å². The summed E-state index contributed by atoms with van der Waals surface area (Å²) in [5.74, 6) is -0.0413. The van der Waals surface area contributed by atoms with Gasteiger partial charge in [-0.15, -0.1) is 0 Å². The first-order chi connectivity index (χ1) is 10.8. The number of rotatable bonds is 7. The maximum absolute atomic E-state index is 12.2. The molecule has 0 aliphatic rings. The van der Waals surface area contributed by atoms with Crippen LogP contribution >= 0.6 is 11.8 Å². The highest BCUT2D eigenvalue weighted by molar-refractivity contribution is 7.99. The van der Waals surface area contributed by atoms with E-state index in [0.29, 0.717) is 5.75 Å². The van der Waals surface area contributed by atoms with Crippen molar-refractivity contribution in [1.29, 1.82) is 0 Å². The Hall–Kier alpha value is -1.31. The normalized spacial score (nSPS) is 13.0. The molecule has 1 N–H and O–H groups in total. The van der Waals surface area contributed by atoms with Gasteiger partial charge in [0, 0.05) is 5.75 Å². The van der Waals surface area contributed by atoms with Crippen LogP contribution in [0.25, 0.3) is 0 Å². The van der Waals surface area contributed by atoms with Crippen LogP contribution in [0, 0.1) is 0 Å². The summed E-state index contributed by atoms with van der Waals surface area (Å²) < 4.78 is 34.3. The Labute approximate surface area is 146 Å². The highest BCUT2D eigenvalue weighted by atomic mass is 32.2. The highest BCUT2D eigenvalue weighted by Gasteiger charge is 2.28. The number of esters is 1. The zero-order chi connectivity index (χ0) is 19.0. The second kappa shape index (κ2) is 9.86. The highest BCUT2D eigenvalue weighted by Crippen LogP contribution is 2.14. The molecule has 140 valence electrons. The van der Waals surface area contributed by atoms with Gasteiger partial charge in [0.25, 0.3) is 6.08 Å². The lowest BCUT2D eigenvalue weighted by molar-refractivity contribution is -0.157. The monoisotopic (exact) mass is 367 g/mol. The van der Waals surface area contributed by atoms with Gasteiger partial charge in [-0.25, -0.2) is 9.59 Å². The molecule has 1 atom stereocenters. The Balaban J connectivity index is 4.68. The van der Waals surface area contributed by atoms with Crippen LogP contribution in [0.5, 0.6) is 0 Å². The number of alkyl carbamates (subject to hydrolysis) is 1. The van der Waals surface area contributed by atoms with Gasteiger partial charge in [-0.3, -0.25) is 0 Å². The van der Waals surface area contributed by atoms with Gasteiger partial charge >= 0.3 is 12.1 Å². The summed E-state index contributed by atoms with van der Waals surface area (Å²) in [7, 11) is 0. The zero-order valence-corrected chi connectivity index (χ0v) is 15.9. The molecular weight excluding hydrogens is 340 g/mol. The van der Waals surface area contributed by atoms with Crippen LogP contribution in [0.4, 0.5) is 13.6 Å². The van der Waals surface area contributed by atoms with Crippen molar-refractivity contribution in [1.82, 2.24) is 5.32 Å². The van der Waals surface area contributed by atoms with Crippen LogP contribution in [0.2, 0.25) is 0 Å². The fraction of sp³-hybridized carbons (Fsp3) is 0.750. The van der Waals surface area contributed by atoms with Gasteiger partial charge in [0.15, 0.2) is 0 Å². The quantitative estimate of drug-likeness (QED) is 0.541. The summed E-state index contributed by atoms with van der Waals surface area (Å²) in [6.07, 6.45) is -1.41. The Morgan fingerprint density at radius 2 is 1.62 bits per heavy atom. The van der Waals surface area contributed by atoms with Crippen molar-refractivity contribution in [3.63, 3.8) is 0 Å². The average molecular weight is 367 g/mol. The van der Waals surface area contributed by atoms with Crippen LogP contribution in [0.3, 0.4) is 0 Å². The molecule has 0 aliphatic heterocycles. The van der Waals surface area contributed by atoms with Gasteiger partial charge < -0.3 is 14.8 Å². The first-order valence-corrected chi connectivity index (χ1v) is 8.77. The minimum atomic E-state index is -1.74. The lowest BCUT2D eigenvalue weighted by Gasteiger charge is -2.26. The van der Waals surface area contributed by atoms with Crippen molar-refractivity contribution in [3.8, 4) is 0 Å². The molecule has 1 amide bonds. The molecule has 0 saturated heterocycles. The standard InChI is InChI=1S/C16H27F2NO4S/c1-15(2,3)22-13(20)11(7-9-24-10-8-12(17)18)19-14(21)23-16(4,5)6/h8,11H,7,9-10H2,1-6H3,(H,19,21)/t11-/m0/s1. The number of hydrogen-bond donors (Lipinski definition) is 1. The molecule has 0 saturated carbocycles. The van der Waals surface area contributed by atoms with Crippen LogP contribution < -0.4 is 5.32 Å². The number of carbonyl (C=O) groups excluding carboxylic acids is 2. The van der Waals surface area contributed by atoms with E-state index in [-0.39, 0.29) is 12.2 Å². The lowest BCUT2D eigenvalue weighted by Crippen LogP contribution is -2.46. The Morgan fingerprint density at radius 1 is 1.08 bits per heavy atom. The number of ether oxygens (including phenoxy) is 2. The number of halogens is 2. The van der Waals surface area contributed by atoms with E-state index in [2.05, 4.69) is 5.32 Å². The van der Waals surface area contributed by atoms with Gasteiger partial charge in [-0.1, -0.05) is 0 Å². The second-order valence-corrected chi connectivity index (χ2v) is 8.24. The summed E-state index contributed by atoms with van der Waals surface area (Å²) in [6.45, 7) is 10.3. The molecule has 0 heterocycles. The van der Waals surface area contributed by atoms with Crippen molar-refractivity contribution in [3.05, 3.63) is 12.2 Å². The van der Waals surface area contributed by atoms with E-state index in [1.807, 2.05) is 0 Å². The molecule has 0 radical (unpaired) electrons. The smallest absolute Gasteiger partial charge is 0.408 e. The predicted molar refractivity (Wildman–Crippen MR) is 91.2 cm³/mol. The zero-order valence-electron chi connectivity index (χ0n) is 15.1. The Morgan fingerprint density at radius 3 is 2.08 bits per heavy atom. The van der Waals surface area contributed by atoms with Gasteiger partial charge in [-0.05, 0) is 59.8 Å². The first-order valence-electron chi connectivity index (χ1n) is 7.61. The number of hydrogen-bond acceptors (Lipinski definition) is 5. The number of thioether (sulfide) groups is 1. The second-order valence-electron chi connectivity index (χ2n) is 7.09. The predicted octanol–water partition coefficient (Wildman–Crippen LogP) is 4.13. The minimum absolute atomic E-state index is 0.135.